The number of oxazole rings is 1. The van der Waals surface area contributed by atoms with Crippen molar-refractivity contribution in [2.24, 2.45) is 7.05 Å². The fraction of sp³-hybridized carbons (Fsp3) is 0.250. The summed E-state index contributed by atoms with van der Waals surface area (Å²) in [5.41, 5.74) is 8.00. The minimum atomic E-state index is 0.813. The lowest BCUT2D eigenvalue weighted by Gasteiger charge is -2.10. The Balaban J connectivity index is 2.33. The second-order valence-corrected chi connectivity index (χ2v) is 5.07. The van der Waals surface area contributed by atoms with Crippen LogP contribution in [0.25, 0.3) is 22.5 Å². The van der Waals surface area contributed by atoms with E-state index >= 15 is 0 Å². The molecule has 2 heterocycles. The molecule has 0 aliphatic carbocycles. The Bertz CT molecular complexity index is 772. The highest BCUT2D eigenvalue weighted by molar-refractivity contribution is 5.70. The predicted molar refractivity (Wildman–Crippen MR) is 74.8 cm³/mol. The van der Waals surface area contributed by atoms with E-state index < -0.39 is 0 Å². The van der Waals surface area contributed by atoms with Gasteiger partial charge in [0.05, 0.1) is 7.05 Å². The highest BCUT2D eigenvalue weighted by Gasteiger charge is 2.17. The van der Waals surface area contributed by atoms with Gasteiger partial charge in [0.25, 0.3) is 6.39 Å². The average Bonchev–Trinajstić information content (AvgIpc) is 2.84. The number of hydrogen-bond donors (Lipinski definition) is 0. The Hall–Kier alpha value is -2.16. The number of aryl methyl sites for hydroxylation is 3. The molecule has 0 fully saturated rings. The van der Waals surface area contributed by atoms with Crippen molar-refractivity contribution < 1.29 is 8.98 Å². The molecule has 0 amide bonds. The van der Waals surface area contributed by atoms with E-state index in [2.05, 4.69) is 48.5 Å². The third-order valence-electron chi connectivity index (χ3n) is 3.73. The predicted octanol–water partition coefficient (Wildman–Crippen LogP) is 3.24. The van der Waals surface area contributed by atoms with Crippen molar-refractivity contribution in [1.29, 1.82) is 0 Å². The normalized spacial score (nSPS) is 11.2. The van der Waals surface area contributed by atoms with E-state index in [1.807, 2.05) is 13.1 Å². The number of benzene rings is 1. The van der Waals surface area contributed by atoms with Gasteiger partial charge in [0.15, 0.2) is 0 Å². The van der Waals surface area contributed by atoms with Crippen LogP contribution in [0.15, 0.2) is 35.1 Å². The lowest BCUT2D eigenvalue weighted by molar-refractivity contribution is -0.635. The first-order valence-electron chi connectivity index (χ1n) is 6.38. The zero-order chi connectivity index (χ0) is 13.6. The number of nitrogens with zero attached hydrogens (tertiary/aromatic N) is 2. The Morgan fingerprint density at radius 2 is 1.89 bits per heavy atom. The van der Waals surface area contributed by atoms with E-state index in [0.717, 1.165) is 16.9 Å². The molecule has 3 rings (SSSR count). The standard InChI is InChI=1S/C16H17N2O/c1-10-7-11(2)12(3)13(8-10)14-5-6-15-16(18(14)4)17-9-19-15/h5-9H,1-4H3/q+1. The Labute approximate surface area is 112 Å². The quantitative estimate of drug-likeness (QED) is 0.623. The van der Waals surface area contributed by atoms with Crippen LogP contribution in [-0.4, -0.2) is 4.98 Å². The van der Waals surface area contributed by atoms with Crippen molar-refractivity contribution in [3.05, 3.63) is 47.3 Å². The van der Waals surface area contributed by atoms with Crippen molar-refractivity contribution in [2.75, 3.05) is 0 Å². The van der Waals surface area contributed by atoms with Gasteiger partial charge in [-0.05, 0) is 55.1 Å². The molecule has 0 aliphatic heterocycles. The van der Waals surface area contributed by atoms with Crippen molar-refractivity contribution in [3.8, 4) is 11.3 Å². The highest BCUT2D eigenvalue weighted by Crippen LogP contribution is 2.25. The van der Waals surface area contributed by atoms with E-state index in [9.17, 15) is 0 Å². The van der Waals surface area contributed by atoms with Crippen LogP contribution in [0.5, 0.6) is 0 Å². The van der Waals surface area contributed by atoms with Crippen LogP contribution in [0.3, 0.4) is 0 Å². The molecular weight excluding hydrogens is 236 g/mol. The molecular formula is C16H17N2O+. The van der Waals surface area contributed by atoms with E-state index in [-0.39, 0.29) is 0 Å². The van der Waals surface area contributed by atoms with Gasteiger partial charge in [-0.25, -0.2) is 4.57 Å². The second-order valence-electron chi connectivity index (χ2n) is 5.07. The number of fused-ring (bicyclic) bond motifs is 1. The van der Waals surface area contributed by atoms with Gasteiger partial charge in [-0.15, -0.1) is 0 Å². The van der Waals surface area contributed by atoms with Crippen LogP contribution in [-0.2, 0) is 7.05 Å². The van der Waals surface area contributed by atoms with Crippen molar-refractivity contribution in [2.45, 2.75) is 20.8 Å². The molecule has 2 aromatic heterocycles. The first kappa shape index (κ1) is 11.9. The molecule has 0 saturated carbocycles. The van der Waals surface area contributed by atoms with Crippen molar-refractivity contribution in [3.63, 3.8) is 0 Å². The molecule has 0 atom stereocenters. The van der Waals surface area contributed by atoms with E-state index in [1.165, 1.54) is 28.6 Å². The molecule has 0 aliphatic rings. The summed E-state index contributed by atoms with van der Waals surface area (Å²) in [6.07, 6.45) is 1.49. The second kappa shape index (κ2) is 4.19. The molecule has 3 heteroatoms. The van der Waals surface area contributed by atoms with Crippen LogP contribution >= 0.6 is 0 Å². The van der Waals surface area contributed by atoms with Crippen LogP contribution in [0.1, 0.15) is 16.7 Å². The van der Waals surface area contributed by atoms with Crippen LogP contribution in [0.4, 0.5) is 0 Å². The summed E-state index contributed by atoms with van der Waals surface area (Å²) < 4.78 is 7.42. The summed E-state index contributed by atoms with van der Waals surface area (Å²) in [5.74, 6) is 0. The molecule has 0 unspecified atom stereocenters. The molecule has 1 aromatic carbocycles. The molecule has 19 heavy (non-hydrogen) atoms. The maximum absolute atomic E-state index is 5.34. The zero-order valence-electron chi connectivity index (χ0n) is 11.7. The van der Waals surface area contributed by atoms with Gasteiger partial charge < -0.3 is 4.42 Å². The van der Waals surface area contributed by atoms with Gasteiger partial charge in [0.2, 0.25) is 5.58 Å². The fourth-order valence-corrected chi connectivity index (χ4v) is 2.57. The summed E-state index contributed by atoms with van der Waals surface area (Å²) in [6, 6.07) is 8.51. The molecule has 3 aromatic rings. The van der Waals surface area contributed by atoms with Gasteiger partial charge in [-0.2, -0.15) is 0 Å². The summed E-state index contributed by atoms with van der Waals surface area (Å²) >= 11 is 0. The van der Waals surface area contributed by atoms with Crippen molar-refractivity contribution >= 4 is 11.2 Å². The smallest absolute Gasteiger partial charge is 0.370 e. The van der Waals surface area contributed by atoms with Crippen LogP contribution in [0.2, 0.25) is 0 Å². The molecule has 0 saturated heterocycles. The molecule has 0 spiro atoms. The average molecular weight is 253 g/mol. The number of aromatic nitrogens is 2. The topological polar surface area (TPSA) is 29.9 Å². The van der Waals surface area contributed by atoms with Gasteiger partial charge in [0, 0.05) is 5.56 Å². The summed E-state index contributed by atoms with van der Waals surface area (Å²) in [5, 5.41) is 0. The lowest BCUT2D eigenvalue weighted by Crippen LogP contribution is -2.32. The summed E-state index contributed by atoms with van der Waals surface area (Å²) in [7, 11) is 2.03. The van der Waals surface area contributed by atoms with Gasteiger partial charge >= 0.3 is 5.65 Å². The fourth-order valence-electron chi connectivity index (χ4n) is 2.57. The molecule has 0 N–H and O–H groups in total. The van der Waals surface area contributed by atoms with Crippen molar-refractivity contribution in [1.82, 2.24) is 4.98 Å². The minimum Gasteiger partial charge on any atom is -0.417 e. The molecule has 96 valence electrons. The first-order valence-corrected chi connectivity index (χ1v) is 6.38. The number of pyridine rings is 1. The maximum Gasteiger partial charge on any atom is 0.370 e. The van der Waals surface area contributed by atoms with Gasteiger partial charge in [-0.3, -0.25) is 0 Å². The largest absolute Gasteiger partial charge is 0.417 e. The third-order valence-corrected chi connectivity index (χ3v) is 3.73. The molecule has 0 bridgehead atoms. The zero-order valence-corrected chi connectivity index (χ0v) is 11.7. The van der Waals surface area contributed by atoms with E-state index in [1.54, 1.807) is 0 Å². The van der Waals surface area contributed by atoms with E-state index in [0.29, 0.717) is 0 Å². The number of rotatable bonds is 1. The van der Waals surface area contributed by atoms with Crippen LogP contribution < -0.4 is 4.57 Å². The molecule has 0 radical (unpaired) electrons. The highest BCUT2D eigenvalue weighted by atomic mass is 16.3. The monoisotopic (exact) mass is 253 g/mol. The Morgan fingerprint density at radius 1 is 1.11 bits per heavy atom. The Morgan fingerprint density at radius 3 is 2.68 bits per heavy atom. The SMILES string of the molecule is Cc1cc(C)c(C)c(-c2ccc3ocnc3[n+]2C)c1. The maximum atomic E-state index is 5.34. The minimum absolute atomic E-state index is 0.813. The summed E-state index contributed by atoms with van der Waals surface area (Å²) in [6.45, 7) is 6.45. The van der Waals surface area contributed by atoms with Crippen LogP contribution in [0, 0.1) is 20.8 Å². The van der Waals surface area contributed by atoms with Gasteiger partial charge in [0.1, 0.15) is 5.69 Å². The third kappa shape index (κ3) is 1.82. The Kier molecular flexibility index (Phi) is 2.63. The molecule has 3 nitrogen and oxygen atoms in total. The first-order chi connectivity index (χ1) is 9.08. The van der Waals surface area contributed by atoms with Gasteiger partial charge in [-0.1, -0.05) is 11.6 Å². The van der Waals surface area contributed by atoms with E-state index in [4.69, 9.17) is 4.42 Å². The summed E-state index contributed by atoms with van der Waals surface area (Å²) in [4.78, 5) is 4.28. The lowest BCUT2D eigenvalue weighted by atomic mass is 9.97. The number of hydrogen-bond acceptors (Lipinski definition) is 2.